The maximum Gasteiger partial charge on any atom is 0.481 e. The highest BCUT2D eigenvalue weighted by Gasteiger charge is 2.46. The normalized spacial score (nSPS) is 20.3. The van der Waals surface area contributed by atoms with E-state index in [2.05, 4.69) is 96.1 Å². The highest BCUT2D eigenvalue weighted by molar-refractivity contribution is 7.61. The topological polar surface area (TPSA) is 286 Å². The van der Waals surface area contributed by atoms with Crippen molar-refractivity contribution in [2.24, 2.45) is 0 Å². The average molecular weight is 1060 g/mol. The Balaban J connectivity index is 1.88. The van der Waals surface area contributed by atoms with Gasteiger partial charge in [0, 0.05) is 19.0 Å². The van der Waals surface area contributed by atoms with Gasteiger partial charge in [0.2, 0.25) is 0 Å². The predicted molar refractivity (Wildman–Crippen MR) is 280 cm³/mol. The van der Waals surface area contributed by atoms with Gasteiger partial charge in [-0.1, -0.05) is 142 Å². The Bertz CT molecular complexity index is 2170. The SMILES string of the molecule is CC/C=C\C/C=C\C/C=C\C/C=C\C=C/C(O)C/C=C\CCC(=O)O[C@H](COC(=O)CCCCCCC/C=C\C/C=C\C/C=C\CC)COP(=O)(O)OP(=O)(O)OC[C@H]1O[C@@H](n2ccc(N)nc2=O)[C@H](O)[C@@H]1O. The number of phosphoric ester groups is 2. The Hall–Kier alpha value is -4.62. The second-order valence-corrected chi connectivity index (χ2v) is 19.8. The fraction of sp³-hybridized carbons (Fsp3) is 0.538. The van der Waals surface area contributed by atoms with Crippen LogP contribution in [0.15, 0.2) is 126 Å². The number of nitrogen functional groups attached to an aromatic ring is 1. The summed E-state index contributed by atoms with van der Waals surface area (Å²) < 4.78 is 56.6. The van der Waals surface area contributed by atoms with Gasteiger partial charge in [0.1, 0.15) is 30.7 Å². The minimum Gasteiger partial charge on any atom is -0.462 e. The highest BCUT2D eigenvalue weighted by atomic mass is 31.3. The fourth-order valence-corrected chi connectivity index (χ4v) is 8.72. The fourth-order valence-electron chi connectivity index (χ4n) is 6.61. The molecule has 8 atom stereocenters. The second kappa shape index (κ2) is 38.9. The van der Waals surface area contributed by atoms with Crippen molar-refractivity contribution in [2.45, 2.75) is 160 Å². The molecular formula is C52H79N3O16P2. The number of unbranched alkanes of at least 4 members (excludes halogenated alkanes) is 5. The van der Waals surface area contributed by atoms with Gasteiger partial charge in [-0.25, -0.2) is 13.9 Å². The number of esters is 2. The molecule has 408 valence electrons. The molecule has 1 aromatic heterocycles. The molecule has 1 aliphatic rings. The summed E-state index contributed by atoms with van der Waals surface area (Å²) in [6, 6.07) is 1.23. The molecule has 1 aromatic rings. The van der Waals surface area contributed by atoms with Crippen LogP contribution in [0.5, 0.6) is 0 Å². The quantitative estimate of drug-likeness (QED) is 0.0118. The molecule has 1 aliphatic heterocycles. The van der Waals surface area contributed by atoms with Crippen LogP contribution in [-0.2, 0) is 46.3 Å². The number of rotatable bonds is 39. The highest BCUT2D eigenvalue weighted by Crippen LogP contribution is 2.60. The molecule has 1 fully saturated rings. The van der Waals surface area contributed by atoms with Crippen LogP contribution in [0.1, 0.15) is 129 Å². The maximum absolute atomic E-state index is 12.8. The number of allylic oxidation sites excluding steroid dienone is 16. The van der Waals surface area contributed by atoms with Crippen LogP contribution in [0.25, 0.3) is 0 Å². The van der Waals surface area contributed by atoms with E-state index in [4.69, 9.17) is 29.0 Å². The van der Waals surface area contributed by atoms with E-state index in [0.717, 1.165) is 87.8 Å². The third kappa shape index (κ3) is 31.7. The number of aliphatic hydroxyl groups is 3. The first-order valence-corrected chi connectivity index (χ1v) is 28.0. The largest absolute Gasteiger partial charge is 0.481 e. The van der Waals surface area contributed by atoms with Crippen molar-refractivity contribution >= 4 is 33.4 Å². The molecule has 21 heteroatoms. The predicted octanol–water partition coefficient (Wildman–Crippen LogP) is 9.19. The molecule has 1 saturated heterocycles. The number of carbonyl (C=O) groups is 2. The summed E-state index contributed by atoms with van der Waals surface area (Å²) in [6.07, 6.45) is 40.6. The third-order valence-electron chi connectivity index (χ3n) is 10.4. The van der Waals surface area contributed by atoms with Crippen molar-refractivity contribution in [1.82, 2.24) is 9.55 Å². The number of carbonyl (C=O) groups excluding carboxylic acids is 2. The third-order valence-corrected chi connectivity index (χ3v) is 13.0. The van der Waals surface area contributed by atoms with Gasteiger partial charge in [0.15, 0.2) is 12.3 Å². The lowest BCUT2D eigenvalue weighted by Gasteiger charge is -2.21. The summed E-state index contributed by atoms with van der Waals surface area (Å²) in [5.41, 5.74) is 4.57. The Morgan fingerprint density at radius 2 is 1.30 bits per heavy atom. The Labute approximate surface area is 430 Å². The van der Waals surface area contributed by atoms with Crippen LogP contribution >= 0.6 is 15.6 Å². The van der Waals surface area contributed by atoms with E-state index in [1.165, 1.54) is 6.07 Å². The number of hydrogen-bond acceptors (Lipinski definition) is 16. The Morgan fingerprint density at radius 1 is 0.726 bits per heavy atom. The van der Waals surface area contributed by atoms with Crippen LogP contribution in [0.2, 0.25) is 0 Å². The number of nitrogens with zero attached hydrogens (tertiary/aromatic N) is 2. The molecule has 0 spiro atoms. The van der Waals surface area contributed by atoms with Crippen LogP contribution < -0.4 is 11.4 Å². The minimum absolute atomic E-state index is 0.0634. The lowest BCUT2D eigenvalue weighted by Crippen LogP contribution is -2.36. The van der Waals surface area contributed by atoms with Crippen molar-refractivity contribution in [3.63, 3.8) is 0 Å². The summed E-state index contributed by atoms with van der Waals surface area (Å²) in [7, 11) is -10.9. The van der Waals surface area contributed by atoms with E-state index in [-0.39, 0.29) is 31.5 Å². The zero-order chi connectivity index (χ0) is 53.6. The van der Waals surface area contributed by atoms with Crippen molar-refractivity contribution in [3.8, 4) is 0 Å². The van der Waals surface area contributed by atoms with E-state index >= 15 is 0 Å². The summed E-state index contributed by atoms with van der Waals surface area (Å²) in [6.45, 7) is 1.72. The number of aromatic nitrogens is 2. The molecule has 0 radical (unpaired) electrons. The van der Waals surface area contributed by atoms with Crippen molar-refractivity contribution < 1.29 is 71.4 Å². The van der Waals surface area contributed by atoms with Gasteiger partial charge < -0.3 is 45.1 Å². The molecule has 2 rings (SSSR count). The number of phosphoric acid groups is 2. The Morgan fingerprint density at radius 3 is 1.95 bits per heavy atom. The van der Waals surface area contributed by atoms with Crippen LogP contribution in [0, 0.1) is 0 Å². The Kier molecular flexibility index (Phi) is 34.4. The number of hydrogen-bond donors (Lipinski definition) is 6. The zero-order valence-corrected chi connectivity index (χ0v) is 44.0. The molecule has 0 saturated carbocycles. The van der Waals surface area contributed by atoms with E-state index in [1.54, 1.807) is 24.3 Å². The molecular weight excluding hydrogens is 985 g/mol. The monoisotopic (exact) mass is 1060 g/mol. The molecule has 19 nitrogen and oxygen atoms in total. The van der Waals surface area contributed by atoms with E-state index in [9.17, 15) is 48.6 Å². The average Bonchev–Trinajstić information content (AvgIpc) is 3.62. The smallest absolute Gasteiger partial charge is 0.462 e. The number of ether oxygens (including phenoxy) is 3. The van der Waals surface area contributed by atoms with Gasteiger partial charge in [-0.05, 0) is 83.1 Å². The second-order valence-electron chi connectivity index (χ2n) is 16.7. The standard InChI is InChI=1S/C52H79N3O16P2/c1-3-5-7-9-11-13-15-17-18-20-22-24-26-28-32-36-47(57)66-40-44(69-48(58)37-33-29-31-35-43(56)34-30-27-25-23-21-19-16-14-12-10-8-6-4-2)41-67-72(62,63)71-73(64,65)68-42-45-49(59)50(60)51(70-45)55-39-38-46(53)54-52(55)61/h5-8,11-14,17-19,21,25,27,29-31,34,38-39,43-45,49-51,56,59-60H,3-4,9-10,15-16,20,22-24,26,28,32-33,35-37,40-42H2,1-2H3,(H,62,63)(H,64,65)(H2,53,54,61)/b7-5-,8-6-,13-11-,14-12-,18-17-,21-19-,27-25-,31-29-,34-30-/t43?,44-,45-,49-,50-,51-/m1/s1. The first kappa shape index (κ1) is 64.5. The molecule has 0 bridgehead atoms. The molecule has 2 heterocycles. The van der Waals surface area contributed by atoms with Crippen LogP contribution in [0.4, 0.5) is 5.82 Å². The number of nitrogens with two attached hydrogens (primary N) is 1. The van der Waals surface area contributed by atoms with Crippen LogP contribution in [0.3, 0.4) is 0 Å². The first-order chi connectivity index (χ1) is 35.1. The molecule has 0 aromatic carbocycles. The molecule has 0 amide bonds. The van der Waals surface area contributed by atoms with Gasteiger partial charge in [0.25, 0.3) is 0 Å². The van der Waals surface area contributed by atoms with Gasteiger partial charge in [-0.15, -0.1) is 0 Å². The zero-order valence-electron chi connectivity index (χ0n) is 42.2. The summed E-state index contributed by atoms with van der Waals surface area (Å²) in [5, 5.41) is 31.2. The molecule has 3 unspecified atom stereocenters. The van der Waals surface area contributed by atoms with Crippen molar-refractivity contribution in [2.75, 3.05) is 25.6 Å². The van der Waals surface area contributed by atoms with Crippen molar-refractivity contribution in [3.05, 3.63) is 132 Å². The summed E-state index contributed by atoms with van der Waals surface area (Å²) in [4.78, 5) is 61.9. The molecule has 7 N–H and O–H groups in total. The van der Waals surface area contributed by atoms with E-state index in [0.29, 0.717) is 6.42 Å². The van der Waals surface area contributed by atoms with Gasteiger partial charge in [-0.2, -0.15) is 9.29 Å². The maximum atomic E-state index is 12.8. The summed E-state index contributed by atoms with van der Waals surface area (Å²) in [5.74, 6) is -1.52. The van der Waals surface area contributed by atoms with Crippen molar-refractivity contribution in [1.29, 1.82) is 0 Å². The van der Waals surface area contributed by atoms with E-state index in [1.807, 2.05) is 12.2 Å². The van der Waals surface area contributed by atoms with E-state index < -0.39 is 89.8 Å². The summed E-state index contributed by atoms with van der Waals surface area (Å²) >= 11 is 0. The van der Waals surface area contributed by atoms with Gasteiger partial charge in [0.05, 0.1) is 19.3 Å². The first-order valence-electron chi connectivity index (χ1n) is 25.0. The van der Waals surface area contributed by atoms with Crippen LogP contribution in [-0.4, -0.2) is 96.9 Å². The van der Waals surface area contributed by atoms with Gasteiger partial charge in [-0.3, -0.25) is 23.2 Å². The van der Waals surface area contributed by atoms with Gasteiger partial charge >= 0.3 is 33.3 Å². The lowest BCUT2D eigenvalue weighted by molar-refractivity contribution is -0.161. The minimum atomic E-state index is -5.48. The molecule has 0 aliphatic carbocycles. The molecule has 73 heavy (non-hydrogen) atoms. The number of anilines is 1. The lowest BCUT2D eigenvalue weighted by atomic mass is 10.1. The number of aliphatic hydroxyl groups excluding tert-OH is 3.